The van der Waals surface area contributed by atoms with Crippen molar-refractivity contribution >= 4 is 0 Å². The molecule has 0 fully saturated rings. The van der Waals surface area contributed by atoms with Crippen LogP contribution in [0.3, 0.4) is 0 Å². The van der Waals surface area contributed by atoms with Gasteiger partial charge in [-0.25, -0.2) is 8.78 Å². The average Bonchev–Trinajstić information content (AvgIpc) is 2.48. The van der Waals surface area contributed by atoms with Crippen molar-refractivity contribution in [3.05, 3.63) is 59.2 Å². The van der Waals surface area contributed by atoms with Gasteiger partial charge in [-0.1, -0.05) is 6.07 Å². The Bertz CT molecular complexity index is 617. The first-order chi connectivity index (χ1) is 9.56. The maximum Gasteiger partial charge on any atom is 0.159 e. The van der Waals surface area contributed by atoms with Crippen LogP contribution >= 0.6 is 0 Å². The molecule has 0 spiro atoms. The lowest BCUT2D eigenvalue weighted by Crippen LogP contribution is -2.13. The van der Waals surface area contributed by atoms with Crippen LogP contribution in [0, 0.1) is 11.6 Å². The SMILES string of the molecule is COc1ccc(OC)c(C(N)c2ccc(F)c(F)c2)c1. The smallest absolute Gasteiger partial charge is 0.159 e. The van der Waals surface area contributed by atoms with E-state index in [1.165, 1.54) is 20.3 Å². The summed E-state index contributed by atoms with van der Waals surface area (Å²) in [5.41, 5.74) is 7.20. The molecule has 2 aromatic carbocycles. The number of methoxy groups -OCH3 is 2. The Morgan fingerprint density at radius 2 is 1.70 bits per heavy atom. The van der Waals surface area contributed by atoms with E-state index in [9.17, 15) is 8.78 Å². The molecule has 0 bridgehead atoms. The van der Waals surface area contributed by atoms with Gasteiger partial charge in [0.25, 0.3) is 0 Å². The highest BCUT2D eigenvalue weighted by Crippen LogP contribution is 2.32. The fourth-order valence-corrected chi connectivity index (χ4v) is 1.97. The topological polar surface area (TPSA) is 44.5 Å². The quantitative estimate of drug-likeness (QED) is 0.935. The highest BCUT2D eigenvalue weighted by molar-refractivity contribution is 5.45. The van der Waals surface area contributed by atoms with Crippen molar-refractivity contribution in [2.24, 2.45) is 5.73 Å². The number of nitrogens with two attached hydrogens (primary N) is 1. The molecule has 1 atom stereocenters. The molecule has 0 saturated carbocycles. The van der Waals surface area contributed by atoms with Gasteiger partial charge < -0.3 is 15.2 Å². The summed E-state index contributed by atoms with van der Waals surface area (Å²) >= 11 is 0. The Morgan fingerprint density at radius 1 is 0.950 bits per heavy atom. The number of hydrogen-bond acceptors (Lipinski definition) is 3. The second kappa shape index (κ2) is 5.88. The first-order valence-electron chi connectivity index (χ1n) is 5.99. The number of hydrogen-bond donors (Lipinski definition) is 1. The molecule has 0 aliphatic carbocycles. The largest absolute Gasteiger partial charge is 0.497 e. The van der Waals surface area contributed by atoms with Crippen LogP contribution in [0.1, 0.15) is 17.2 Å². The van der Waals surface area contributed by atoms with Crippen molar-refractivity contribution in [3.63, 3.8) is 0 Å². The monoisotopic (exact) mass is 279 g/mol. The molecule has 0 heterocycles. The molecule has 0 aliphatic heterocycles. The van der Waals surface area contributed by atoms with Crippen LogP contribution in [0.4, 0.5) is 8.78 Å². The van der Waals surface area contributed by atoms with Crippen LogP contribution in [0.15, 0.2) is 36.4 Å². The van der Waals surface area contributed by atoms with Crippen molar-refractivity contribution in [2.75, 3.05) is 14.2 Å². The van der Waals surface area contributed by atoms with Gasteiger partial charge in [0.2, 0.25) is 0 Å². The van der Waals surface area contributed by atoms with E-state index in [2.05, 4.69) is 0 Å². The molecule has 2 rings (SSSR count). The third kappa shape index (κ3) is 2.72. The van der Waals surface area contributed by atoms with E-state index in [4.69, 9.17) is 15.2 Å². The van der Waals surface area contributed by atoms with Crippen molar-refractivity contribution in [3.8, 4) is 11.5 Å². The molecule has 2 N–H and O–H groups in total. The highest BCUT2D eigenvalue weighted by atomic mass is 19.2. The third-order valence-corrected chi connectivity index (χ3v) is 3.07. The standard InChI is InChI=1S/C15H15F2NO2/c1-19-10-4-6-14(20-2)11(8-10)15(18)9-3-5-12(16)13(17)7-9/h3-8,15H,18H2,1-2H3. The summed E-state index contributed by atoms with van der Waals surface area (Å²) in [6.07, 6.45) is 0. The summed E-state index contributed by atoms with van der Waals surface area (Å²) in [6, 6.07) is 8.10. The predicted octanol–water partition coefficient (Wildman–Crippen LogP) is 3.03. The molecule has 20 heavy (non-hydrogen) atoms. The summed E-state index contributed by atoms with van der Waals surface area (Å²) < 4.78 is 36.6. The number of rotatable bonds is 4. The number of benzene rings is 2. The molecule has 3 nitrogen and oxygen atoms in total. The average molecular weight is 279 g/mol. The Labute approximate surface area is 115 Å². The highest BCUT2D eigenvalue weighted by Gasteiger charge is 2.16. The van der Waals surface area contributed by atoms with Gasteiger partial charge >= 0.3 is 0 Å². The van der Waals surface area contributed by atoms with Crippen LogP contribution in [0.2, 0.25) is 0 Å². The van der Waals surface area contributed by atoms with Crippen LogP contribution in [0.25, 0.3) is 0 Å². The minimum atomic E-state index is -0.931. The summed E-state index contributed by atoms with van der Waals surface area (Å²) in [5, 5.41) is 0. The molecule has 0 aliphatic rings. The third-order valence-electron chi connectivity index (χ3n) is 3.07. The van der Waals surface area contributed by atoms with Gasteiger partial charge in [-0.2, -0.15) is 0 Å². The second-order valence-corrected chi connectivity index (χ2v) is 4.26. The summed E-state index contributed by atoms with van der Waals surface area (Å²) in [7, 11) is 3.05. The summed E-state index contributed by atoms with van der Waals surface area (Å²) in [4.78, 5) is 0. The lowest BCUT2D eigenvalue weighted by Gasteiger charge is -2.17. The molecule has 0 radical (unpaired) electrons. The van der Waals surface area contributed by atoms with E-state index >= 15 is 0 Å². The van der Waals surface area contributed by atoms with Crippen molar-refractivity contribution in [2.45, 2.75) is 6.04 Å². The fraction of sp³-hybridized carbons (Fsp3) is 0.200. The zero-order valence-electron chi connectivity index (χ0n) is 11.2. The summed E-state index contributed by atoms with van der Waals surface area (Å²) in [5.74, 6) is -0.666. The van der Waals surface area contributed by atoms with Gasteiger partial charge in [0.05, 0.1) is 20.3 Å². The zero-order chi connectivity index (χ0) is 14.7. The zero-order valence-corrected chi connectivity index (χ0v) is 11.2. The van der Waals surface area contributed by atoms with Crippen LogP contribution < -0.4 is 15.2 Å². The molecule has 0 amide bonds. The Morgan fingerprint density at radius 3 is 2.30 bits per heavy atom. The molecule has 2 aromatic rings. The van der Waals surface area contributed by atoms with Crippen molar-refractivity contribution < 1.29 is 18.3 Å². The Kier molecular flexibility index (Phi) is 4.20. The van der Waals surface area contributed by atoms with Crippen LogP contribution in [-0.4, -0.2) is 14.2 Å². The van der Waals surface area contributed by atoms with E-state index in [1.54, 1.807) is 18.2 Å². The van der Waals surface area contributed by atoms with Crippen LogP contribution in [0.5, 0.6) is 11.5 Å². The second-order valence-electron chi connectivity index (χ2n) is 4.26. The molecule has 0 aromatic heterocycles. The molecule has 0 saturated heterocycles. The maximum atomic E-state index is 13.3. The van der Waals surface area contributed by atoms with E-state index in [-0.39, 0.29) is 0 Å². The van der Waals surface area contributed by atoms with Crippen LogP contribution in [-0.2, 0) is 0 Å². The van der Waals surface area contributed by atoms with Gasteiger partial charge in [0, 0.05) is 5.56 Å². The summed E-state index contributed by atoms with van der Waals surface area (Å²) in [6.45, 7) is 0. The van der Waals surface area contributed by atoms with Gasteiger partial charge in [0.15, 0.2) is 11.6 Å². The Balaban J connectivity index is 2.45. The van der Waals surface area contributed by atoms with Gasteiger partial charge in [-0.05, 0) is 35.9 Å². The Hall–Kier alpha value is -2.14. The van der Waals surface area contributed by atoms with Gasteiger partial charge in [-0.15, -0.1) is 0 Å². The minimum absolute atomic E-state index is 0.454. The van der Waals surface area contributed by atoms with E-state index in [0.29, 0.717) is 22.6 Å². The maximum absolute atomic E-state index is 13.3. The molecule has 5 heteroatoms. The number of ether oxygens (including phenoxy) is 2. The first-order valence-corrected chi connectivity index (χ1v) is 5.99. The normalized spacial score (nSPS) is 12.1. The molecular formula is C15H15F2NO2. The van der Waals surface area contributed by atoms with Gasteiger partial charge in [-0.3, -0.25) is 0 Å². The fourth-order valence-electron chi connectivity index (χ4n) is 1.97. The van der Waals surface area contributed by atoms with E-state index in [0.717, 1.165) is 12.1 Å². The van der Waals surface area contributed by atoms with Crippen molar-refractivity contribution in [1.82, 2.24) is 0 Å². The van der Waals surface area contributed by atoms with Gasteiger partial charge in [0.1, 0.15) is 11.5 Å². The van der Waals surface area contributed by atoms with E-state index < -0.39 is 17.7 Å². The minimum Gasteiger partial charge on any atom is -0.497 e. The lowest BCUT2D eigenvalue weighted by atomic mass is 9.98. The molecule has 1 unspecified atom stereocenters. The van der Waals surface area contributed by atoms with Crippen molar-refractivity contribution in [1.29, 1.82) is 0 Å². The number of halogens is 2. The predicted molar refractivity (Wildman–Crippen MR) is 71.9 cm³/mol. The molecule has 106 valence electrons. The molecular weight excluding hydrogens is 264 g/mol. The first kappa shape index (κ1) is 14.3. The lowest BCUT2D eigenvalue weighted by molar-refractivity contribution is 0.397. The van der Waals surface area contributed by atoms with E-state index in [1.807, 2.05) is 0 Å².